The topological polar surface area (TPSA) is 85.2 Å². The molecule has 0 aliphatic carbocycles. The number of nitrogens with zero attached hydrogens (tertiary/aromatic N) is 2. The second-order valence-corrected chi connectivity index (χ2v) is 3.23. The van der Waals surface area contributed by atoms with Crippen molar-refractivity contribution in [2.45, 2.75) is 6.04 Å². The molecule has 0 aromatic carbocycles. The lowest BCUT2D eigenvalue weighted by atomic mass is 10.1. The van der Waals surface area contributed by atoms with Crippen molar-refractivity contribution in [1.29, 1.82) is 5.26 Å². The van der Waals surface area contributed by atoms with Crippen LogP contribution in [0.25, 0.3) is 0 Å². The Hall–Kier alpha value is -1.61. The van der Waals surface area contributed by atoms with Crippen LogP contribution in [0.4, 0.5) is 0 Å². The number of nitriles is 1. The van der Waals surface area contributed by atoms with E-state index in [2.05, 4.69) is 10.6 Å². The maximum Gasteiger partial charge on any atom is 0.310 e. The van der Waals surface area contributed by atoms with Gasteiger partial charge in [0.15, 0.2) is 0 Å². The Morgan fingerprint density at radius 2 is 2.14 bits per heavy atom. The third-order valence-corrected chi connectivity index (χ3v) is 1.93. The maximum atomic E-state index is 11.1. The molecule has 2 amide bonds. The van der Waals surface area contributed by atoms with E-state index in [4.69, 9.17) is 5.26 Å². The van der Waals surface area contributed by atoms with E-state index in [0.29, 0.717) is 0 Å². The molecule has 0 spiro atoms. The molecule has 1 rings (SSSR count). The van der Waals surface area contributed by atoms with Crippen LogP contribution in [-0.2, 0) is 9.59 Å². The molecule has 0 aromatic heterocycles. The van der Waals surface area contributed by atoms with Crippen LogP contribution in [0.2, 0.25) is 0 Å². The van der Waals surface area contributed by atoms with Crippen molar-refractivity contribution in [3.8, 4) is 6.07 Å². The van der Waals surface area contributed by atoms with Crippen molar-refractivity contribution in [3.63, 3.8) is 0 Å². The van der Waals surface area contributed by atoms with Gasteiger partial charge in [0, 0.05) is 13.1 Å². The van der Waals surface area contributed by atoms with Gasteiger partial charge in [0.1, 0.15) is 6.54 Å². The Kier molecular flexibility index (Phi) is 3.42. The Labute approximate surface area is 81.9 Å². The van der Waals surface area contributed by atoms with Crippen LogP contribution in [0, 0.1) is 11.3 Å². The van der Waals surface area contributed by atoms with E-state index in [1.54, 1.807) is 6.07 Å². The van der Waals surface area contributed by atoms with Gasteiger partial charge in [0.05, 0.1) is 12.1 Å². The predicted molar refractivity (Wildman–Crippen MR) is 48.1 cm³/mol. The highest BCUT2D eigenvalue weighted by molar-refractivity contribution is 6.35. The monoisotopic (exact) mass is 196 g/mol. The summed E-state index contributed by atoms with van der Waals surface area (Å²) in [4.78, 5) is 24.1. The molecular weight excluding hydrogens is 184 g/mol. The molecule has 14 heavy (non-hydrogen) atoms. The average molecular weight is 196 g/mol. The highest BCUT2D eigenvalue weighted by atomic mass is 16.2. The summed E-state index contributed by atoms with van der Waals surface area (Å²) in [6.45, 7) is 1.38. The zero-order valence-corrected chi connectivity index (χ0v) is 7.91. The van der Waals surface area contributed by atoms with E-state index >= 15 is 0 Å². The van der Waals surface area contributed by atoms with Crippen LogP contribution in [0.5, 0.6) is 0 Å². The Morgan fingerprint density at radius 3 is 2.64 bits per heavy atom. The van der Waals surface area contributed by atoms with Gasteiger partial charge in [-0.25, -0.2) is 0 Å². The van der Waals surface area contributed by atoms with Gasteiger partial charge in [0.2, 0.25) is 0 Å². The van der Waals surface area contributed by atoms with Gasteiger partial charge >= 0.3 is 11.8 Å². The minimum Gasteiger partial charge on any atom is -0.343 e. The number of nitrogens with one attached hydrogen (secondary N) is 2. The first-order valence-electron chi connectivity index (χ1n) is 4.27. The second-order valence-electron chi connectivity index (χ2n) is 3.23. The third kappa shape index (κ3) is 2.71. The summed E-state index contributed by atoms with van der Waals surface area (Å²) in [5, 5.41) is 12.9. The summed E-state index contributed by atoms with van der Waals surface area (Å²) in [5.74, 6) is -1.42. The van der Waals surface area contributed by atoms with Gasteiger partial charge in [-0.2, -0.15) is 5.26 Å². The Balaban J connectivity index is 2.21. The molecule has 1 heterocycles. The molecule has 0 unspecified atom stereocenters. The van der Waals surface area contributed by atoms with Gasteiger partial charge in [-0.15, -0.1) is 0 Å². The molecule has 6 nitrogen and oxygen atoms in total. The minimum absolute atomic E-state index is 0.0559. The van der Waals surface area contributed by atoms with E-state index < -0.39 is 11.8 Å². The molecule has 1 aliphatic rings. The van der Waals surface area contributed by atoms with Crippen LogP contribution >= 0.6 is 0 Å². The van der Waals surface area contributed by atoms with Crippen molar-refractivity contribution in [2.24, 2.45) is 0 Å². The highest BCUT2D eigenvalue weighted by Crippen LogP contribution is 2.02. The van der Waals surface area contributed by atoms with E-state index in [-0.39, 0.29) is 12.6 Å². The summed E-state index contributed by atoms with van der Waals surface area (Å²) in [5.41, 5.74) is 0. The summed E-state index contributed by atoms with van der Waals surface area (Å²) < 4.78 is 0. The molecule has 0 atom stereocenters. The van der Waals surface area contributed by atoms with Gasteiger partial charge < -0.3 is 15.5 Å². The van der Waals surface area contributed by atoms with Crippen molar-refractivity contribution in [3.05, 3.63) is 0 Å². The number of amides is 2. The molecule has 0 saturated carbocycles. The summed E-state index contributed by atoms with van der Waals surface area (Å²) in [6, 6.07) is 1.78. The predicted octanol–water partition coefficient (Wildman–Crippen LogP) is -1.94. The van der Waals surface area contributed by atoms with Crippen LogP contribution < -0.4 is 10.6 Å². The van der Waals surface area contributed by atoms with Crippen molar-refractivity contribution in [1.82, 2.24) is 15.5 Å². The molecule has 0 bridgehead atoms. The number of rotatable bonds is 2. The zero-order chi connectivity index (χ0) is 10.6. The minimum atomic E-state index is -0.749. The average Bonchev–Trinajstić information content (AvgIpc) is 2.11. The first kappa shape index (κ1) is 10.5. The second kappa shape index (κ2) is 4.58. The summed E-state index contributed by atoms with van der Waals surface area (Å²) in [7, 11) is 1.93. The van der Waals surface area contributed by atoms with Gasteiger partial charge in [-0.3, -0.25) is 9.59 Å². The standard InChI is InChI=1S/C8H12N4O2/c1-12-4-6(5-12)11-8(14)7(13)10-3-2-9/h6H,3-5H2,1H3,(H,10,13)(H,11,14). The van der Waals surface area contributed by atoms with Crippen LogP contribution in [0.3, 0.4) is 0 Å². The van der Waals surface area contributed by atoms with Crippen LogP contribution in [0.1, 0.15) is 0 Å². The first-order valence-corrected chi connectivity index (χ1v) is 4.27. The molecule has 76 valence electrons. The molecule has 2 N–H and O–H groups in total. The van der Waals surface area contributed by atoms with E-state index in [1.807, 2.05) is 11.9 Å². The Morgan fingerprint density at radius 1 is 1.50 bits per heavy atom. The lowest BCUT2D eigenvalue weighted by Gasteiger charge is -2.36. The lowest BCUT2D eigenvalue weighted by Crippen LogP contribution is -2.59. The SMILES string of the molecule is CN1CC(NC(=O)C(=O)NCC#N)C1. The largest absolute Gasteiger partial charge is 0.343 e. The quantitative estimate of drug-likeness (QED) is 0.397. The van der Waals surface area contributed by atoms with Crippen molar-refractivity contribution in [2.75, 3.05) is 26.7 Å². The number of carbonyl (C=O) groups is 2. The third-order valence-electron chi connectivity index (χ3n) is 1.93. The highest BCUT2D eigenvalue weighted by Gasteiger charge is 2.26. The lowest BCUT2D eigenvalue weighted by molar-refractivity contribution is -0.140. The summed E-state index contributed by atoms with van der Waals surface area (Å²) in [6.07, 6.45) is 0. The molecule has 0 aromatic rings. The molecule has 6 heteroatoms. The van der Waals surface area contributed by atoms with Crippen molar-refractivity contribution < 1.29 is 9.59 Å². The zero-order valence-electron chi connectivity index (χ0n) is 7.91. The van der Waals surface area contributed by atoms with Crippen LogP contribution in [-0.4, -0.2) is 49.4 Å². The number of likely N-dealkylation sites (tertiary alicyclic amines) is 1. The molecular formula is C8H12N4O2. The smallest absolute Gasteiger partial charge is 0.310 e. The maximum absolute atomic E-state index is 11.1. The van der Waals surface area contributed by atoms with E-state index in [9.17, 15) is 9.59 Å². The normalized spacial score (nSPS) is 16.6. The molecule has 1 aliphatic heterocycles. The molecule has 1 saturated heterocycles. The van der Waals surface area contributed by atoms with Crippen LogP contribution in [0.15, 0.2) is 0 Å². The summed E-state index contributed by atoms with van der Waals surface area (Å²) >= 11 is 0. The fourth-order valence-corrected chi connectivity index (χ4v) is 1.24. The van der Waals surface area contributed by atoms with E-state index in [1.165, 1.54) is 0 Å². The van der Waals surface area contributed by atoms with Gasteiger partial charge in [-0.05, 0) is 7.05 Å². The van der Waals surface area contributed by atoms with Crippen molar-refractivity contribution >= 4 is 11.8 Å². The van der Waals surface area contributed by atoms with E-state index in [0.717, 1.165) is 13.1 Å². The fourth-order valence-electron chi connectivity index (χ4n) is 1.24. The number of likely N-dealkylation sites (N-methyl/N-ethyl adjacent to an activating group) is 1. The first-order chi connectivity index (χ1) is 6.63. The molecule has 1 fully saturated rings. The fraction of sp³-hybridized carbons (Fsp3) is 0.625. The van der Waals surface area contributed by atoms with Gasteiger partial charge in [-0.1, -0.05) is 0 Å². The Bertz CT molecular complexity index is 278. The number of hydrogen-bond donors (Lipinski definition) is 2. The number of hydrogen-bond acceptors (Lipinski definition) is 4. The molecule has 0 radical (unpaired) electrons. The van der Waals surface area contributed by atoms with Gasteiger partial charge in [0.25, 0.3) is 0 Å². The number of carbonyl (C=O) groups excluding carboxylic acids is 2.